The lowest BCUT2D eigenvalue weighted by Crippen LogP contribution is -2.39. The molecule has 0 heterocycles. The standard InChI is InChI=1S/C15H22N2O4/c1-11(9-14(18)19)10-17-15(20)16-8-7-12-5-3-4-6-13(12)21-2/h3-6,11H,7-10H2,1-2H3,(H,18,19)(H2,16,17,20). The lowest BCUT2D eigenvalue weighted by atomic mass is 10.1. The molecule has 0 saturated carbocycles. The summed E-state index contributed by atoms with van der Waals surface area (Å²) >= 11 is 0. The normalized spacial score (nSPS) is 11.5. The number of nitrogens with one attached hydrogen (secondary N) is 2. The molecule has 1 aromatic rings. The summed E-state index contributed by atoms with van der Waals surface area (Å²) in [6.45, 7) is 2.61. The SMILES string of the molecule is COc1ccccc1CCNC(=O)NCC(C)CC(=O)O. The number of carboxylic acid groups (broad SMARTS) is 1. The first-order chi connectivity index (χ1) is 10.0. The van der Waals surface area contributed by atoms with Gasteiger partial charge in [-0.2, -0.15) is 0 Å². The van der Waals surface area contributed by atoms with Gasteiger partial charge in [-0.25, -0.2) is 4.79 Å². The topological polar surface area (TPSA) is 87.7 Å². The fourth-order valence-corrected chi connectivity index (χ4v) is 1.92. The smallest absolute Gasteiger partial charge is 0.314 e. The van der Waals surface area contributed by atoms with Crippen LogP contribution in [0.5, 0.6) is 5.75 Å². The molecule has 0 saturated heterocycles. The number of hydrogen-bond acceptors (Lipinski definition) is 3. The average molecular weight is 294 g/mol. The van der Waals surface area contributed by atoms with E-state index in [-0.39, 0.29) is 18.4 Å². The lowest BCUT2D eigenvalue weighted by molar-refractivity contribution is -0.137. The van der Waals surface area contributed by atoms with Gasteiger partial charge in [0, 0.05) is 19.5 Å². The van der Waals surface area contributed by atoms with Gasteiger partial charge in [-0.1, -0.05) is 25.1 Å². The van der Waals surface area contributed by atoms with Crippen molar-refractivity contribution in [1.82, 2.24) is 10.6 Å². The quantitative estimate of drug-likeness (QED) is 0.680. The molecule has 0 aliphatic rings. The fourth-order valence-electron chi connectivity index (χ4n) is 1.92. The first-order valence-electron chi connectivity index (χ1n) is 6.88. The van der Waals surface area contributed by atoms with E-state index in [1.165, 1.54) is 0 Å². The van der Waals surface area contributed by atoms with Crippen LogP contribution in [0.25, 0.3) is 0 Å². The fraction of sp³-hybridized carbons (Fsp3) is 0.467. The molecule has 2 amide bonds. The number of carboxylic acids is 1. The number of hydrogen-bond donors (Lipinski definition) is 3. The third-order valence-electron chi connectivity index (χ3n) is 3.01. The minimum Gasteiger partial charge on any atom is -0.496 e. The largest absolute Gasteiger partial charge is 0.496 e. The Labute approximate surface area is 124 Å². The lowest BCUT2D eigenvalue weighted by Gasteiger charge is -2.12. The minimum absolute atomic E-state index is 0.0431. The molecule has 3 N–H and O–H groups in total. The van der Waals surface area contributed by atoms with E-state index < -0.39 is 5.97 Å². The van der Waals surface area contributed by atoms with Crippen molar-refractivity contribution in [3.63, 3.8) is 0 Å². The third kappa shape index (κ3) is 6.65. The molecule has 0 spiro atoms. The molecule has 6 nitrogen and oxygen atoms in total. The number of ether oxygens (including phenoxy) is 1. The van der Waals surface area contributed by atoms with Gasteiger partial charge in [0.2, 0.25) is 0 Å². The molecule has 6 heteroatoms. The minimum atomic E-state index is -0.860. The average Bonchev–Trinajstić information content (AvgIpc) is 2.45. The van der Waals surface area contributed by atoms with Crippen LogP contribution in [0.2, 0.25) is 0 Å². The molecule has 0 aromatic heterocycles. The molecular weight excluding hydrogens is 272 g/mol. The molecule has 0 fully saturated rings. The van der Waals surface area contributed by atoms with Gasteiger partial charge in [-0.3, -0.25) is 4.79 Å². The second kappa shape index (κ2) is 8.84. The first-order valence-corrected chi connectivity index (χ1v) is 6.88. The number of amides is 2. The number of methoxy groups -OCH3 is 1. The van der Waals surface area contributed by atoms with Crippen LogP contribution in [0.1, 0.15) is 18.9 Å². The third-order valence-corrected chi connectivity index (χ3v) is 3.01. The van der Waals surface area contributed by atoms with Crippen LogP contribution in [0, 0.1) is 5.92 Å². The summed E-state index contributed by atoms with van der Waals surface area (Å²) in [4.78, 5) is 22.1. The predicted molar refractivity (Wildman–Crippen MR) is 79.5 cm³/mol. The van der Waals surface area contributed by atoms with Crippen LogP contribution in [0.3, 0.4) is 0 Å². The first kappa shape index (κ1) is 16.8. The van der Waals surface area contributed by atoms with E-state index in [1.807, 2.05) is 24.3 Å². The van der Waals surface area contributed by atoms with Crippen molar-refractivity contribution in [3.05, 3.63) is 29.8 Å². The highest BCUT2D eigenvalue weighted by molar-refractivity contribution is 5.74. The van der Waals surface area contributed by atoms with E-state index in [0.717, 1.165) is 11.3 Å². The Hall–Kier alpha value is -2.24. The summed E-state index contributed by atoms with van der Waals surface area (Å²) in [5.74, 6) is -0.155. The number of benzene rings is 1. The van der Waals surface area contributed by atoms with E-state index in [9.17, 15) is 9.59 Å². The molecule has 0 radical (unpaired) electrons. The zero-order valence-corrected chi connectivity index (χ0v) is 12.4. The van der Waals surface area contributed by atoms with Gasteiger partial charge in [0.15, 0.2) is 0 Å². The molecule has 0 aliphatic heterocycles. The number of aliphatic carboxylic acids is 1. The molecule has 116 valence electrons. The second-order valence-electron chi connectivity index (χ2n) is 4.90. The highest BCUT2D eigenvalue weighted by Crippen LogP contribution is 2.17. The van der Waals surface area contributed by atoms with Crippen molar-refractivity contribution in [2.45, 2.75) is 19.8 Å². The molecule has 21 heavy (non-hydrogen) atoms. The van der Waals surface area contributed by atoms with E-state index in [4.69, 9.17) is 9.84 Å². The van der Waals surface area contributed by atoms with Crippen LogP contribution in [-0.2, 0) is 11.2 Å². The van der Waals surface area contributed by atoms with Crippen LogP contribution < -0.4 is 15.4 Å². The monoisotopic (exact) mass is 294 g/mol. The summed E-state index contributed by atoms with van der Waals surface area (Å²) in [5, 5.41) is 14.0. The highest BCUT2D eigenvalue weighted by Gasteiger charge is 2.09. The zero-order valence-electron chi connectivity index (χ0n) is 12.4. The maximum atomic E-state index is 11.6. The van der Waals surface area contributed by atoms with Crippen molar-refractivity contribution in [2.75, 3.05) is 20.2 Å². The molecule has 1 rings (SSSR count). The van der Waals surface area contributed by atoms with Crippen molar-refractivity contribution in [3.8, 4) is 5.75 Å². The van der Waals surface area contributed by atoms with Crippen LogP contribution >= 0.6 is 0 Å². The highest BCUT2D eigenvalue weighted by atomic mass is 16.5. The summed E-state index contributed by atoms with van der Waals surface area (Å²) in [5.41, 5.74) is 1.03. The Morgan fingerprint density at radius 1 is 1.29 bits per heavy atom. The Kier molecular flexibility index (Phi) is 7.08. The maximum Gasteiger partial charge on any atom is 0.314 e. The van der Waals surface area contributed by atoms with Crippen LogP contribution in [0.4, 0.5) is 4.79 Å². The molecule has 1 atom stereocenters. The van der Waals surface area contributed by atoms with Gasteiger partial charge in [0.05, 0.1) is 7.11 Å². The van der Waals surface area contributed by atoms with Gasteiger partial charge in [0.1, 0.15) is 5.75 Å². The van der Waals surface area contributed by atoms with E-state index in [2.05, 4.69) is 10.6 Å². The predicted octanol–water partition coefficient (Wildman–Crippen LogP) is 1.65. The number of rotatable bonds is 8. The van der Waals surface area contributed by atoms with Gasteiger partial charge in [-0.05, 0) is 24.0 Å². The van der Waals surface area contributed by atoms with Gasteiger partial charge in [0.25, 0.3) is 0 Å². The summed E-state index contributed by atoms with van der Waals surface area (Å²) in [6, 6.07) is 7.36. The number of carbonyl (C=O) groups excluding carboxylic acids is 1. The molecule has 0 aliphatic carbocycles. The van der Waals surface area contributed by atoms with E-state index >= 15 is 0 Å². The summed E-state index contributed by atoms with van der Waals surface area (Å²) < 4.78 is 5.23. The Bertz CT molecular complexity index is 476. The van der Waals surface area contributed by atoms with E-state index in [1.54, 1.807) is 14.0 Å². The Morgan fingerprint density at radius 2 is 2.00 bits per heavy atom. The van der Waals surface area contributed by atoms with Gasteiger partial charge >= 0.3 is 12.0 Å². The maximum absolute atomic E-state index is 11.6. The summed E-state index contributed by atoms with van der Waals surface area (Å²) in [6.07, 6.45) is 0.712. The second-order valence-corrected chi connectivity index (χ2v) is 4.90. The van der Waals surface area contributed by atoms with Crippen molar-refractivity contribution < 1.29 is 19.4 Å². The molecule has 1 unspecified atom stereocenters. The van der Waals surface area contributed by atoms with Crippen LogP contribution in [0.15, 0.2) is 24.3 Å². The molecular formula is C15H22N2O4. The van der Waals surface area contributed by atoms with Gasteiger partial charge in [-0.15, -0.1) is 0 Å². The Balaban J connectivity index is 2.26. The van der Waals surface area contributed by atoms with E-state index in [0.29, 0.717) is 19.5 Å². The van der Waals surface area contributed by atoms with Gasteiger partial charge < -0.3 is 20.5 Å². The number of carbonyl (C=O) groups is 2. The van der Waals surface area contributed by atoms with Crippen LogP contribution in [-0.4, -0.2) is 37.3 Å². The van der Waals surface area contributed by atoms with Crippen molar-refractivity contribution in [1.29, 1.82) is 0 Å². The summed E-state index contributed by atoms with van der Waals surface area (Å²) in [7, 11) is 1.61. The van der Waals surface area contributed by atoms with Crippen molar-refractivity contribution in [2.24, 2.45) is 5.92 Å². The Morgan fingerprint density at radius 3 is 2.67 bits per heavy atom. The zero-order chi connectivity index (χ0) is 15.7. The number of urea groups is 1. The molecule has 0 bridgehead atoms. The molecule has 1 aromatic carbocycles. The van der Waals surface area contributed by atoms with Crippen molar-refractivity contribution >= 4 is 12.0 Å². The number of para-hydroxylation sites is 1.